The summed E-state index contributed by atoms with van der Waals surface area (Å²) in [5.41, 5.74) is 8.84. The van der Waals surface area contributed by atoms with Gasteiger partial charge in [0.25, 0.3) is 0 Å². The maximum absolute atomic E-state index is 12.7. The first-order valence-electron chi connectivity index (χ1n) is 9.66. The number of para-hydroxylation sites is 1. The molecule has 0 aliphatic rings. The molecule has 30 heavy (non-hydrogen) atoms. The number of anilines is 1. The second-order valence-corrected chi connectivity index (χ2v) is 7.12. The number of hydrogen-bond acceptors (Lipinski definition) is 3. The van der Waals surface area contributed by atoms with E-state index in [1.807, 2.05) is 80.6 Å². The lowest BCUT2D eigenvalue weighted by atomic mass is 10.0. The van der Waals surface area contributed by atoms with Gasteiger partial charge < -0.3 is 21.1 Å². The van der Waals surface area contributed by atoms with Crippen molar-refractivity contribution < 1.29 is 14.3 Å². The van der Waals surface area contributed by atoms with Gasteiger partial charge in [0.05, 0.1) is 12.5 Å². The van der Waals surface area contributed by atoms with E-state index in [4.69, 9.17) is 10.5 Å². The minimum Gasteiger partial charge on any atom is -0.457 e. The average Bonchev–Trinajstić information content (AvgIpc) is 2.71. The topological polar surface area (TPSA) is 93.5 Å². The fraction of sp³-hybridized carbons (Fsp3) is 0.167. The van der Waals surface area contributed by atoms with Gasteiger partial charge >= 0.3 is 6.03 Å². The largest absolute Gasteiger partial charge is 0.457 e. The van der Waals surface area contributed by atoms with Crippen LogP contribution < -0.4 is 21.1 Å². The maximum atomic E-state index is 12.7. The van der Waals surface area contributed by atoms with E-state index in [0.29, 0.717) is 11.5 Å². The average molecular weight is 403 g/mol. The quantitative estimate of drug-likeness (QED) is 0.527. The normalized spacial score (nSPS) is 11.4. The first-order chi connectivity index (χ1) is 14.4. The number of hydrogen-bond donors (Lipinski definition) is 3. The molecule has 3 aromatic rings. The molecule has 3 aromatic carbocycles. The number of primary amides is 1. The molecule has 0 fully saturated rings. The van der Waals surface area contributed by atoms with Gasteiger partial charge in [-0.1, -0.05) is 42.5 Å². The highest BCUT2D eigenvalue weighted by Crippen LogP contribution is 2.26. The smallest absolute Gasteiger partial charge is 0.312 e. The number of aryl methyl sites for hydroxylation is 2. The Balaban J connectivity index is 1.77. The number of benzene rings is 3. The lowest BCUT2D eigenvalue weighted by Gasteiger charge is -2.19. The molecule has 0 aromatic heterocycles. The van der Waals surface area contributed by atoms with Crippen molar-refractivity contribution in [2.75, 3.05) is 5.32 Å². The number of carbonyl (C=O) groups excluding carboxylic acids is 2. The zero-order chi connectivity index (χ0) is 21.5. The third-order valence-electron chi connectivity index (χ3n) is 4.61. The summed E-state index contributed by atoms with van der Waals surface area (Å²) in [6.07, 6.45) is 0.0328. The van der Waals surface area contributed by atoms with Crippen LogP contribution in [0, 0.1) is 13.8 Å². The van der Waals surface area contributed by atoms with Crippen LogP contribution in [-0.4, -0.2) is 11.9 Å². The van der Waals surface area contributed by atoms with Gasteiger partial charge in [0.2, 0.25) is 5.91 Å². The lowest BCUT2D eigenvalue weighted by molar-refractivity contribution is -0.116. The van der Waals surface area contributed by atoms with Crippen molar-refractivity contribution in [3.8, 4) is 11.5 Å². The van der Waals surface area contributed by atoms with Gasteiger partial charge in [0, 0.05) is 5.69 Å². The molecule has 6 nitrogen and oxygen atoms in total. The van der Waals surface area contributed by atoms with E-state index in [9.17, 15) is 9.59 Å². The molecule has 4 N–H and O–H groups in total. The predicted octanol–water partition coefficient (Wildman–Crippen LogP) is 4.83. The zero-order valence-corrected chi connectivity index (χ0v) is 17.0. The maximum Gasteiger partial charge on any atom is 0.312 e. The minimum absolute atomic E-state index is 0.0328. The molecule has 6 heteroatoms. The summed E-state index contributed by atoms with van der Waals surface area (Å²) in [6.45, 7) is 3.89. The van der Waals surface area contributed by atoms with Crippen molar-refractivity contribution in [3.05, 3.63) is 89.5 Å². The molecule has 1 atom stereocenters. The van der Waals surface area contributed by atoms with Gasteiger partial charge in [0.1, 0.15) is 11.5 Å². The number of carbonyl (C=O) groups is 2. The predicted molar refractivity (Wildman–Crippen MR) is 118 cm³/mol. The van der Waals surface area contributed by atoms with Crippen molar-refractivity contribution in [2.45, 2.75) is 26.3 Å². The van der Waals surface area contributed by atoms with Crippen LogP contribution in [0.25, 0.3) is 0 Å². The van der Waals surface area contributed by atoms with E-state index in [-0.39, 0.29) is 12.3 Å². The van der Waals surface area contributed by atoms with Crippen LogP contribution in [0.1, 0.15) is 29.2 Å². The Morgan fingerprint density at radius 1 is 0.933 bits per heavy atom. The molecule has 154 valence electrons. The molecule has 0 bridgehead atoms. The fourth-order valence-electron chi connectivity index (χ4n) is 3.10. The molecule has 3 amide bonds. The molecule has 0 aliphatic carbocycles. The van der Waals surface area contributed by atoms with Gasteiger partial charge in [-0.05, 0) is 60.9 Å². The number of nitrogens with two attached hydrogens (primary N) is 1. The fourth-order valence-corrected chi connectivity index (χ4v) is 3.10. The monoisotopic (exact) mass is 403 g/mol. The van der Waals surface area contributed by atoms with Crippen LogP contribution in [0.15, 0.2) is 72.8 Å². The van der Waals surface area contributed by atoms with Crippen molar-refractivity contribution in [1.29, 1.82) is 0 Å². The Hall–Kier alpha value is -3.80. The number of rotatable bonds is 7. The number of ether oxygens (including phenoxy) is 1. The van der Waals surface area contributed by atoms with Crippen LogP contribution in [0.4, 0.5) is 10.5 Å². The van der Waals surface area contributed by atoms with Crippen molar-refractivity contribution in [1.82, 2.24) is 5.32 Å². The van der Waals surface area contributed by atoms with E-state index >= 15 is 0 Å². The summed E-state index contributed by atoms with van der Waals surface area (Å²) in [4.78, 5) is 24.2. The van der Waals surface area contributed by atoms with Crippen molar-refractivity contribution >= 4 is 17.6 Å². The third kappa shape index (κ3) is 5.85. The van der Waals surface area contributed by atoms with Gasteiger partial charge in [0.15, 0.2) is 0 Å². The van der Waals surface area contributed by atoms with Crippen LogP contribution in [0.3, 0.4) is 0 Å². The highest BCUT2D eigenvalue weighted by atomic mass is 16.5. The molecule has 0 spiro atoms. The van der Waals surface area contributed by atoms with Crippen molar-refractivity contribution in [2.24, 2.45) is 5.73 Å². The third-order valence-corrected chi connectivity index (χ3v) is 4.61. The summed E-state index contributed by atoms with van der Waals surface area (Å²) in [7, 11) is 0. The molecule has 0 radical (unpaired) electrons. The van der Waals surface area contributed by atoms with Gasteiger partial charge in [-0.15, -0.1) is 0 Å². The molecule has 3 rings (SSSR count). The molecular weight excluding hydrogens is 378 g/mol. The Labute approximate surface area is 176 Å². The van der Waals surface area contributed by atoms with E-state index in [1.54, 1.807) is 6.07 Å². The van der Waals surface area contributed by atoms with E-state index in [0.717, 1.165) is 22.4 Å². The summed E-state index contributed by atoms with van der Waals surface area (Å²) < 4.78 is 5.86. The van der Waals surface area contributed by atoms with E-state index < -0.39 is 12.1 Å². The van der Waals surface area contributed by atoms with E-state index in [1.165, 1.54) is 0 Å². The highest BCUT2D eigenvalue weighted by Gasteiger charge is 2.19. The first-order valence-corrected chi connectivity index (χ1v) is 9.66. The molecular formula is C24H25N3O3. The second kappa shape index (κ2) is 9.60. The molecule has 0 aliphatic heterocycles. The Morgan fingerprint density at radius 2 is 1.67 bits per heavy atom. The zero-order valence-electron chi connectivity index (χ0n) is 17.0. The summed E-state index contributed by atoms with van der Waals surface area (Å²) >= 11 is 0. The van der Waals surface area contributed by atoms with E-state index in [2.05, 4.69) is 10.6 Å². The number of amides is 3. The lowest BCUT2D eigenvalue weighted by Crippen LogP contribution is -2.35. The Bertz CT molecular complexity index is 1030. The Kier molecular flexibility index (Phi) is 6.70. The number of urea groups is 1. The summed E-state index contributed by atoms with van der Waals surface area (Å²) in [5.74, 6) is 1.07. The van der Waals surface area contributed by atoms with Crippen LogP contribution in [0.2, 0.25) is 0 Å². The SMILES string of the molecule is Cc1ccc(C)c(NC(=O)CC(NC(N)=O)c2cccc(Oc3ccccc3)c2)c1. The van der Waals surface area contributed by atoms with Crippen molar-refractivity contribution in [3.63, 3.8) is 0 Å². The minimum atomic E-state index is -0.700. The van der Waals surface area contributed by atoms with Crippen LogP contribution >= 0.6 is 0 Å². The van der Waals surface area contributed by atoms with Gasteiger partial charge in [-0.2, -0.15) is 0 Å². The summed E-state index contributed by atoms with van der Waals surface area (Å²) in [6, 6.07) is 21.2. The van der Waals surface area contributed by atoms with Gasteiger partial charge in [-0.25, -0.2) is 4.79 Å². The van der Waals surface area contributed by atoms with Gasteiger partial charge in [-0.3, -0.25) is 4.79 Å². The molecule has 1 unspecified atom stereocenters. The standard InChI is InChI=1S/C24H25N3O3/c1-16-11-12-17(2)21(13-16)26-23(28)15-22(27-24(25)29)18-7-6-10-20(14-18)30-19-8-4-3-5-9-19/h3-14,22H,15H2,1-2H3,(H,26,28)(H3,25,27,29). The highest BCUT2D eigenvalue weighted by molar-refractivity contribution is 5.92. The van der Waals surface area contributed by atoms with Crippen LogP contribution in [0.5, 0.6) is 11.5 Å². The van der Waals surface area contributed by atoms with Crippen LogP contribution in [-0.2, 0) is 4.79 Å². The Morgan fingerprint density at radius 3 is 2.40 bits per heavy atom. The summed E-state index contributed by atoms with van der Waals surface area (Å²) in [5, 5.41) is 5.57. The second-order valence-electron chi connectivity index (χ2n) is 7.12. The number of nitrogens with one attached hydrogen (secondary N) is 2. The molecule has 0 saturated carbocycles. The molecule has 0 saturated heterocycles. The molecule has 0 heterocycles. The first kappa shape index (κ1) is 20.9.